The summed E-state index contributed by atoms with van der Waals surface area (Å²) < 4.78 is 11.0. The van der Waals surface area contributed by atoms with Crippen LogP contribution < -0.4 is 9.47 Å². The highest BCUT2D eigenvalue weighted by Gasteiger charge is 2.16. The summed E-state index contributed by atoms with van der Waals surface area (Å²) in [5.41, 5.74) is 2.46. The molecule has 0 aliphatic carbocycles. The second-order valence-corrected chi connectivity index (χ2v) is 5.81. The molecule has 1 N–H and O–H groups in total. The molecule has 0 heterocycles. The number of carbonyl (C=O) groups is 1. The SMILES string of the molecule is COc1ccc(C)cc1/C(=C/c1cccc(OC(C)C)c1)C(=O)O. The van der Waals surface area contributed by atoms with Crippen LogP contribution in [-0.2, 0) is 4.79 Å². The Balaban J connectivity index is 2.50. The summed E-state index contributed by atoms with van der Waals surface area (Å²) in [5.74, 6) is 0.234. The molecule has 0 aromatic heterocycles. The molecule has 4 nitrogen and oxygen atoms in total. The molecule has 0 atom stereocenters. The lowest BCUT2D eigenvalue weighted by molar-refractivity contribution is -0.130. The van der Waals surface area contributed by atoms with E-state index in [1.54, 1.807) is 12.1 Å². The van der Waals surface area contributed by atoms with Gasteiger partial charge in [0.1, 0.15) is 11.5 Å². The normalized spacial score (nSPS) is 11.5. The first-order valence-electron chi connectivity index (χ1n) is 7.77. The minimum absolute atomic E-state index is 0.0556. The number of ether oxygens (including phenoxy) is 2. The second-order valence-electron chi connectivity index (χ2n) is 5.81. The van der Waals surface area contributed by atoms with Crippen molar-refractivity contribution in [3.05, 3.63) is 59.2 Å². The van der Waals surface area contributed by atoms with Crippen LogP contribution in [0.5, 0.6) is 11.5 Å². The Hall–Kier alpha value is -2.75. The van der Waals surface area contributed by atoms with Crippen molar-refractivity contribution in [1.82, 2.24) is 0 Å². The third-order valence-corrected chi connectivity index (χ3v) is 3.42. The minimum Gasteiger partial charge on any atom is -0.496 e. The molecule has 2 aromatic rings. The summed E-state index contributed by atoms with van der Waals surface area (Å²) in [5, 5.41) is 9.66. The zero-order valence-corrected chi connectivity index (χ0v) is 14.4. The Morgan fingerprint density at radius 2 is 1.92 bits per heavy atom. The van der Waals surface area contributed by atoms with Crippen molar-refractivity contribution in [2.75, 3.05) is 7.11 Å². The van der Waals surface area contributed by atoms with Crippen molar-refractivity contribution in [3.63, 3.8) is 0 Å². The number of rotatable bonds is 6. The molecule has 126 valence electrons. The Morgan fingerprint density at radius 1 is 1.17 bits per heavy atom. The van der Waals surface area contributed by atoms with E-state index in [0.29, 0.717) is 17.1 Å². The predicted octanol–water partition coefficient (Wildman–Crippen LogP) is 4.42. The first kappa shape index (κ1) is 17.6. The number of carboxylic acid groups (broad SMARTS) is 1. The van der Waals surface area contributed by atoms with Crippen LogP contribution in [-0.4, -0.2) is 24.3 Å². The van der Waals surface area contributed by atoms with E-state index < -0.39 is 5.97 Å². The maximum atomic E-state index is 11.8. The highest BCUT2D eigenvalue weighted by atomic mass is 16.5. The average Bonchev–Trinajstić information content (AvgIpc) is 2.52. The van der Waals surface area contributed by atoms with E-state index in [-0.39, 0.29) is 11.7 Å². The van der Waals surface area contributed by atoms with Gasteiger partial charge in [0.25, 0.3) is 0 Å². The molecule has 0 saturated carbocycles. The summed E-state index contributed by atoms with van der Waals surface area (Å²) in [6.45, 7) is 5.81. The van der Waals surface area contributed by atoms with Gasteiger partial charge in [-0.15, -0.1) is 0 Å². The molecule has 0 fully saturated rings. The van der Waals surface area contributed by atoms with Crippen LogP contribution in [0.1, 0.15) is 30.5 Å². The molecule has 0 spiro atoms. The number of hydrogen-bond acceptors (Lipinski definition) is 3. The number of carboxylic acids is 1. The molecule has 0 saturated heterocycles. The van der Waals surface area contributed by atoms with Crippen LogP contribution in [0.3, 0.4) is 0 Å². The fourth-order valence-electron chi connectivity index (χ4n) is 2.40. The van der Waals surface area contributed by atoms with Crippen molar-refractivity contribution in [2.45, 2.75) is 26.9 Å². The molecule has 0 radical (unpaired) electrons. The number of aryl methyl sites for hydroxylation is 1. The van der Waals surface area contributed by atoms with E-state index in [1.807, 2.05) is 57.2 Å². The van der Waals surface area contributed by atoms with Gasteiger partial charge in [0.05, 0.1) is 18.8 Å². The molecule has 4 heteroatoms. The van der Waals surface area contributed by atoms with E-state index in [0.717, 1.165) is 11.1 Å². The third-order valence-electron chi connectivity index (χ3n) is 3.42. The molecule has 0 bridgehead atoms. The van der Waals surface area contributed by atoms with Gasteiger partial charge in [0.2, 0.25) is 0 Å². The maximum Gasteiger partial charge on any atom is 0.336 e. The molecule has 0 aliphatic rings. The van der Waals surface area contributed by atoms with Gasteiger partial charge in [-0.1, -0.05) is 23.8 Å². The monoisotopic (exact) mass is 326 g/mol. The van der Waals surface area contributed by atoms with Crippen molar-refractivity contribution in [1.29, 1.82) is 0 Å². The zero-order valence-electron chi connectivity index (χ0n) is 14.4. The van der Waals surface area contributed by atoms with Gasteiger partial charge in [-0.3, -0.25) is 0 Å². The Labute approximate surface area is 142 Å². The molecule has 24 heavy (non-hydrogen) atoms. The van der Waals surface area contributed by atoms with E-state index in [9.17, 15) is 9.90 Å². The van der Waals surface area contributed by atoms with Crippen molar-refractivity contribution >= 4 is 17.6 Å². The topological polar surface area (TPSA) is 55.8 Å². The Morgan fingerprint density at radius 3 is 2.54 bits per heavy atom. The van der Waals surface area contributed by atoms with E-state index in [2.05, 4.69) is 0 Å². The first-order valence-corrected chi connectivity index (χ1v) is 7.77. The molecule has 2 aromatic carbocycles. The summed E-state index contributed by atoms with van der Waals surface area (Å²) in [6.07, 6.45) is 1.69. The van der Waals surface area contributed by atoms with Crippen LogP contribution >= 0.6 is 0 Å². The maximum absolute atomic E-state index is 11.8. The van der Waals surface area contributed by atoms with Gasteiger partial charge in [-0.05, 0) is 56.7 Å². The van der Waals surface area contributed by atoms with Gasteiger partial charge < -0.3 is 14.6 Å². The Kier molecular flexibility index (Phi) is 5.64. The van der Waals surface area contributed by atoms with Crippen molar-refractivity contribution < 1.29 is 19.4 Å². The van der Waals surface area contributed by atoms with Crippen molar-refractivity contribution in [3.8, 4) is 11.5 Å². The summed E-state index contributed by atoms with van der Waals surface area (Å²) in [7, 11) is 1.53. The largest absolute Gasteiger partial charge is 0.496 e. The zero-order chi connectivity index (χ0) is 17.7. The van der Waals surface area contributed by atoms with Crippen molar-refractivity contribution in [2.24, 2.45) is 0 Å². The lowest BCUT2D eigenvalue weighted by atomic mass is 10.00. The average molecular weight is 326 g/mol. The number of hydrogen-bond donors (Lipinski definition) is 1. The molecular formula is C20H22O4. The standard InChI is InChI=1S/C20H22O4/c1-13(2)24-16-7-5-6-15(11-16)12-18(20(21)22)17-10-14(3)8-9-19(17)23-4/h5-13H,1-4H3,(H,21,22)/b18-12-. The van der Waals surface area contributed by atoms with Gasteiger partial charge in [-0.2, -0.15) is 0 Å². The quantitative estimate of drug-likeness (QED) is 0.631. The van der Waals surface area contributed by atoms with Crippen LogP contribution in [0.25, 0.3) is 11.6 Å². The number of methoxy groups -OCH3 is 1. The molecule has 0 aliphatic heterocycles. The van der Waals surface area contributed by atoms with Crippen LogP contribution in [0.4, 0.5) is 0 Å². The minimum atomic E-state index is -1.01. The first-order chi connectivity index (χ1) is 11.4. The summed E-state index contributed by atoms with van der Waals surface area (Å²) >= 11 is 0. The van der Waals surface area contributed by atoms with E-state index in [4.69, 9.17) is 9.47 Å². The lowest BCUT2D eigenvalue weighted by Gasteiger charge is -2.12. The van der Waals surface area contributed by atoms with Gasteiger partial charge in [-0.25, -0.2) is 4.79 Å². The number of aliphatic carboxylic acids is 1. The fourth-order valence-corrected chi connectivity index (χ4v) is 2.40. The molecular weight excluding hydrogens is 304 g/mol. The summed E-state index contributed by atoms with van der Waals surface area (Å²) in [6, 6.07) is 12.8. The molecule has 2 rings (SSSR count). The smallest absolute Gasteiger partial charge is 0.336 e. The molecule has 0 unspecified atom stereocenters. The Bertz CT molecular complexity index is 760. The van der Waals surface area contributed by atoms with Crippen LogP contribution in [0, 0.1) is 6.92 Å². The number of benzene rings is 2. The lowest BCUT2D eigenvalue weighted by Crippen LogP contribution is -2.05. The second kappa shape index (κ2) is 7.68. The van der Waals surface area contributed by atoms with E-state index >= 15 is 0 Å². The highest BCUT2D eigenvalue weighted by Crippen LogP contribution is 2.29. The highest BCUT2D eigenvalue weighted by molar-refractivity contribution is 6.21. The summed E-state index contributed by atoms with van der Waals surface area (Å²) in [4.78, 5) is 11.8. The van der Waals surface area contributed by atoms with Gasteiger partial charge >= 0.3 is 5.97 Å². The molecule has 0 amide bonds. The van der Waals surface area contributed by atoms with Crippen LogP contribution in [0.15, 0.2) is 42.5 Å². The fraction of sp³-hybridized carbons (Fsp3) is 0.250. The predicted molar refractivity (Wildman–Crippen MR) is 95.4 cm³/mol. The van der Waals surface area contributed by atoms with Gasteiger partial charge in [0, 0.05) is 5.56 Å². The van der Waals surface area contributed by atoms with Crippen LogP contribution in [0.2, 0.25) is 0 Å². The van der Waals surface area contributed by atoms with Gasteiger partial charge in [0.15, 0.2) is 0 Å². The van der Waals surface area contributed by atoms with E-state index in [1.165, 1.54) is 7.11 Å². The third kappa shape index (κ3) is 4.38.